The van der Waals surface area contributed by atoms with Gasteiger partial charge in [-0.2, -0.15) is 0 Å². The first-order chi connectivity index (χ1) is 16.0. The van der Waals surface area contributed by atoms with Crippen LogP contribution in [0.3, 0.4) is 0 Å². The molecule has 1 aliphatic heterocycles. The lowest BCUT2D eigenvalue weighted by Crippen LogP contribution is -2.32. The van der Waals surface area contributed by atoms with Crippen molar-refractivity contribution in [2.45, 2.75) is 6.92 Å². The number of hydrogen-bond acceptors (Lipinski definition) is 6. The summed E-state index contributed by atoms with van der Waals surface area (Å²) in [7, 11) is 1.56. The summed E-state index contributed by atoms with van der Waals surface area (Å²) in [4.78, 5) is 26.9. The van der Waals surface area contributed by atoms with E-state index in [4.69, 9.17) is 14.2 Å². The quantitative estimate of drug-likeness (QED) is 0.328. The Morgan fingerprint density at radius 2 is 1.82 bits per heavy atom. The number of imide groups is 1. The number of nitrogens with zero attached hydrogens (tertiary/aromatic N) is 1. The Hall–Kier alpha value is -2.97. The third-order valence-corrected chi connectivity index (χ3v) is 6.53. The number of thioether (sulfide) groups is 1. The smallest absolute Gasteiger partial charge is 0.293 e. The van der Waals surface area contributed by atoms with Crippen LogP contribution in [0.15, 0.2) is 64.0 Å². The average Bonchev–Trinajstić information content (AvgIpc) is 3.06. The summed E-state index contributed by atoms with van der Waals surface area (Å²) in [6.07, 6.45) is 1.68. The summed E-state index contributed by atoms with van der Waals surface area (Å²) in [6, 6.07) is 17.3. The number of carbonyl (C=O) groups is 2. The maximum absolute atomic E-state index is 12.9. The normalized spacial score (nSPS) is 14.9. The number of carbonyl (C=O) groups excluding carboxylic acids is 2. The second-order valence-corrected chi connectivity index (χ2v) is 8.97. The third-order valence-electron chi connectivity index (χ3n) is 5.03. The molecule has 6 nitrogen and oxygen atoms in total. The van der Waals surface area contributed by atoms with Gasteiger partial charge in [-0.15, -0.1) is 0 Å². The SMILES string of the molecule is CCOc1cc(/C=C2\SC(=O)N(CCOc3cccc4ccccc34)C2=O)cc(Br)c1OC. The van der Waals surface area contributed by atoms with E-state index in [1.165, 1.54) is 4.90 Å². The first-order valence-electron chi connectivity index (χ1n) is 10.4. The number of fused-ring (bicyclic) bond motifs is 1. The second-order valence-electron chi connectivity index (χ2n) is 7.13. The van der Waals surface area contributed by atoms with Crippen molar-refractivity contribution < 1.29 is 23.8 Å². The number of halogens is 1. The Bertz CT molecular complexity index is 1240. The van der Waals surface area contributed by atoms with E-state index in [9.17, 15) is 9.59 Å². The zero-order chi connectivity index (χ0) is 23.4. The van der Waals surface area contributed by atoms with Gasteiger partial charge in [-0.05, 0) is 69.8 Å². The van der Waals surface area contributed by atoms with Crippen molar-refractivity contribution >= 4 is 55.7 Å². The van der Waals surface area contributed by atoms with Gasteiger partial charge in [-0.3, -0.25) is 14.5 Å². The fourth-order valence-corrected chi connectivity index (χ4v) is 5.03. The van der Waals surface area contributed by atoms with Crippen molar-refractivity contribution in [1.82, 2.24) is 4.90 Å². The summed E-state index contributed by atoms with van der Waals surface area (Å²) in [5, 5.41) is 1.75. The molecule has 0 atom stereocenters. The van der Waals surface area contributed by atoms with E-state index in [2.05, 4.69) is 15.9 Å². The van der Waals surface area contributed by atoms with E-state index < -0.39 is 0 Å². The molecule has 0 radical (unpaired) electrons. The molecule has 0 spiro atoms. The van der Waals surface area contributed by atoms with Gasteiger partial charge in [-0.25, -0.2) is 0 Å². The molecule has 1 heterocycles. The van der Waals surface area contributed by atoms with Gasteiger partial charge in [0.25, 0.3) is 11.1 Å². The molecule has 0 aromatic heterocycles. The van der Waals surface area contributed by atoms with Gasteiger partial charge in [0.1, 0.15) is 12.4 Å². The standard InChI is InChI=1S/C25H22BrNO5S/c1-3-31-21-14-16(13-19(26)23(21)30-2)15-22-24(28)27(25(29)33-22)11-12-32-20-10-6-8-17-7-4-5-9-18(17)20/h4-10,13-15H,3,11-12H2,1-2H3/b22-15-. The van der Waals surface area contributed by atoms with Crippen LogP contribution in [0, 0.1) is 0 Å². The third kappa shape index (κ3) is 5.02. The van der Waals surface area contributed by atoms with Crippen LogP contribution in [-0.4, -0.2) is 42.9 Å². The van der Waals surface area contributed by atoms with E-state index in [1.807, 2.05) is 55.5 Å². The number of amides is 2. The molecule has 2 amide bonds. The van der Waals surface area contributed by atoms with E-state index in [1.54, 1.807) is 19.3 Å². The van der Waals surface area contributed by atoms with Gasteiger partial charge in [0.05, 0.1) is 29.6 Å². The fraction of sp³-hybridized carbons (Fsp3) is 0.200. The van der Waals surface area contributed by atoms with Crippen molar-refractivity contribution in [2.24, 2.45) is 0 Å². The summed E-state index contributed by atoms with van der Waals surface area (Å²) < 4.78 is 17.6. The zero-order valence-corrected chi connectivity index (χ0v) is 20.6. The highest BCUT2D eigenvalue weighted by Gasteiger charge is 2.35. The molecular weight excluding hydrogens is 506 g/mol. The predicted octanol–water partition coefficient (Wildman–Crippen LogP) is 6.12. The van der Waals surface area contributed by atoms with Crippen LogP contribution in [0.5, 0.6) is 17.2 Å². The monoisotopic (exact) mass is 527 g/mol. The highest BCUT2D eigenvalue weighted by atomic mass is 79.9. The second kappa shape index (κ2) is 10.3. The maximum Gasteiger partial charge on any atom is 0.293 e. The van der Waals surface area contributed by atoms with Crippen molar-refractivity contribution in [2.75, 3.05) is 26.9 Å². The molecule has 0 saturated carbocycles. The van der Waals surface area contributed by atoms with Gasteiger partial charge in [0.2, 0.25) is 0 Å². The molecule has 0 unspecified atom stereocenters. The Balaban J connectivity index is 1.47. The van der Waals surface area contributed by atoms with Crippen LogP contribution in [0.25, 0.3) is 16.8 Å². The summed E-state index contributed by atoms with van der Waals surface area (Å²) >= 11 is 4.39. The Morgan fingerprint density at radius 1 is 1.03 bits per heavy atom. The van der Waals surface area contributed by atoms with Crippen molar-refractivity contribution in [3.63, 3.8) is 0 Å². The molecule has 0 N–H and O–H groups in total. The first-order valence-corrected chi connectivity index (χ1v) is 12.0. The van der Waals surface area contributed by atoms with Gasteiger partial charge in [0, 0.05) is 5.39 Å². The van der Waals surface area contributed by atoms with Gasteiger partial charge in [0.15, 0.2) is 11.5 Å². The number of benzene rings is 3. The molecule has 4 rings (SSSR count). The van der Waals surface area contributed by atoms with Gasteiger partial charge in [-0.1, -0.05) is 36.4 Å². The van der Waals surface area contributed by atoms with E-state index in [0.29, 0.717) is 27.5 Å². The summed E-state index contributed by atoms with van der Waals surface area (Å²) in [5.74, 6) is 1.52. The molecule has 1 saturated heterocycles. The lowest BCUT2D eigenvalue weighted by Gasteiger charge is -2.14. The Kier molecular flexibility index (Phi) is 7.25. The number of ether oxygens (including phenoxy) is 3. The number of methoxy groups -OCH3 is 1. The van der Waals surface area contributed by atoms with Crippen LogP contribution in [-0.2, 0) is 4.79 Å². The van der Waals surface area contributed by atoms with E-state index >= 15 is 0 Å². The van der Waals surface area contributed by atoms with E-state index in [0.717, 1.165) is 33.8 Å². The maximum atomic E-state index is 12.9. The molecule has 0 aliphatic carbocycles. The molecular formula is C25H22BrNO5S. The molecule has 8 heteroatoms. The lowest BCUT2D eigenvalue weighted by molar-refractivity contribution is -0.123. The Labute approximate surface area is 204 Å². The largest absolute Gasteiger partial charge is 0.492 e. The lowest BCUT2D eigenvalue weighted by atomic mass is 10.1. The van der Waals surface area contributed by atoms with Crippen molar-refractivity contribution in [3.05, 3.63) is 69.5 Å². The van der Waals surface area contributed by atoms with Gasteiger partial charge >= 0.3 is 0 Å². The van der Waals surface area contributed by atoms with Crippen LogP contribution >= 0.6 is 27.7 Å². The van der Waals surface area contributed by atoms with Crippen molar-refractivity contribution in [3.8, 4) is 17.2 Å². The fourth-order valence-electron chi connectivity index (χ4n) is 3.54. The van der Waals surface area contributed by atoms with Crippen molar-refractivity contribution in [1.29, 1.82) is 0 Å². The van der Waals surface area contributed by atoms with Gasteiger partial charge < -0.3 is 14.2 Å². The molecule has 3 aromatic rings. The van der Waals surface area contributed by atoms with Crippen LogP contribution in [0.2, 0.25) is 0 Å². The number of hydrogen-bond donors (Lipinski definition) is 0. The summed E-state index contributed by atoms with van der Waals surface area (Å²) in [6.45, 7) is 2.73. The minimum Gasteiger partial charge on any atom is -0.492 e. The molecule has 33 heavy (non-hydrogen) atoms. The summed E-state index contributed by atoms with van der Waals surface area (Å²) in [5.41, 5.74) is 0.726. The Morgan fingerprint density at radius 3 is 2.61 bits per heavy atom. The zero-order valence-electron chi connectivity index (χ0n) is 18.2. The average molecular weight is 528 g/mol. The topological polar surface area (TPSA) is 65.1 Å². The highest BCUT2D eigenvalue weighted by molar-refractivity contribution is 9.10. The van der Waals surface area contributed by atoms with E-state index in [-0.39, 0.29) is 24.3 Å². The molecule has 3 aromatic carbocycles. The molecule has 1 aliphatic rings. The van der Waals surface area contributed by atoms with Crippen LogP contribution in [0.1, 0.15) is 12.5 Å². The minimum absolute atomic E-state index is 0.168. The molecule has 0 bridgehead atoms. The first kappa shape index (κ1) is 23.2. The van der Waals surface area contributed by atoms with Crippen LogP contribution in [0.4, 0.5) is 4.79 Å². The predicted molar refractivity (Wildman–Crippen MR) is 134 cm³/mol. The highest BCUT2D eigenvalue weighted by Crippen LogP contribution is 2.39. The number of rotatable bonds is 8. The molecule has 170 valence electrons. The molecule has 1 fully saturated rings. The van der Waals surface area contributed by atoms with Crippen LogP contribution < -0.4 is 14.2 Å². The minimum atomic E-state index is -0.337.